The van der Waals surface area contributed by atoms with Crippen molar-refractivity contribution < 1.29 is 0 Å². The minimum absolute atomic E-state index is 1.05. The second kappa shape index (κ2) is 1.53. The van der Waals surface area contributed by atoms with E-state index in [1.54, 1.807) is 0 Å². The number of rotatable bonds is 0. The summed E-state index contributed by atoms with van der Waals surface area (Å²) in [7, 11) is 0. The summed E-state index contributed by atoms with van der Waals surface area (Å²) in [5.74, 6) is 0. The molecule has 0 fully saturated rings. The number of allylic oxidation sites excluding steroid dienone is 4. The van der Waals surface area contributed by atoms with Crippen LogP contribution in [-0.2, 0) is 0 Å². The molecule has 1 aliphatic carbocycles. The molecule has 0 atom stereocenters. The monoisotopic (exact) mass is 93.1 g/mol. The van der Waals surface area contributed by atoms with Gasteiger partial charge >= 0.3 is 0 Å². The highest BCUT2D eigenvalue weighted by Gasteiger charge is 1.94. The first-order chi connectivity index (χ1) is 3.29. The summed E-state index contributed by atoms with van der Waals surface area (Å²) in [4.78, 5) is 0. The Morgan fingerprint density at radius 2 is 2.29 bits per heavy atom. The van der Waals surface area contributed by atoms with E-state index in [1.165, 1.54) is 11.1 Å². The summed E-state index contributed by atoms with van der Waals surface area (Å²) < 4.78 is 0. The van der Waals surface area contributed by atoms with Gasteiger partial charge in [0.1, 0.15) is 0 Å². The van der Waals surface area contributed by atoms with Gasteiger partial charge in [0, 0.05) is 0 Å². The van der Waals surface area contributed by atoms with Gasteiger partial charge in [-0.1, -0.05) is 11.6 Å². The van der Waals surface area contributed by atoms with Gasteiger partial charge in [-0.15, -0.1) is 0 Å². The quantitative estimate of drug-likeness (QED) is 0.430. The van der Waals surface area contributed by atoms with E-state index in [-0.39, 0.29) is 0 Å². The van der Waals surface area contributed by atoms with E-state index in [9.17, 15) is 0 Å². The summed E-state index contributed by atoms with van der Waals surface area (Å²) in [5.41, 5.74) is 2.72. The largest absolute Gasteiger partial charge is 0.0686 e. The molecule has 0 saturated carbocycles. The molecule has 1 aliphatic rings. The summed E-state index contributed by atoms with van der Waals surface area (Å²) in [5, 5.41) is 0. The zero-order valence-corrected chi connectivity index (χ0v) is 4.78. The van der Waals surface area contributed by atoms with Crippen molar-refractivity contribution >= 4 is 0 Å². The Morgan fingerprint density at radius 3 is 2.43 bits per heavy atom. The van der Waals surface area contributed by atoms with Crippen LogP contribution in [0.5, 0.6) is 0 Å². The van der Waals surface area contributed by atoms with Crippen LogP contribution in [0, 0.1) is 6.08 Å². The second-order valence-corrected chi connectivity index (χ2v) is 2.03. The fraction of sp³-hybridized carbons (Fsp3) is 0.429. The molecule has 0 saturated heterocycles. The van der Waals surface area contributed by atoms with Crippen LogP contribution in [0.1, 0.15) is 20.3 Å². The lowest BCUT2D eigenvalue weighted by Gasteiger charge is -1.79. The molecule has 0 nitrogen and oxygen atoms in total. The maximum absolute atomic E-state index is 3.19. The third-order valence-corrected chi connectivity index (χ3v) is 1.11. The van der Waals surface area contributed by atoms with Gasteiger partial charge in [-0.2, -0.15) is 0 Å². The van der Waals surface area contributed by atoms with E-state index >= 15 is 0 Å². The van der Waals surface area contributed by atoms with Crippen LogP contribution in [0.25, 0.3) is 0 Å². The van der Waals surface area contributed by atoms with E-state index in [0.717, 1.165) is 6.42 Å². The van der Waals surface area contributed by atoms with Crippen LogP contribution in [-0.4, -0.2) is 0 Å². The van der Waals surface area contributed by atoms with Gasteiger partial charge in [0.25, 0.3) is 0 Å². The van der Waals surface area contributed by atoms with Crippen LogP contribution in [0.3, 0.4) is 0 Å². The summed E-state index contributed by atoms with van der Waals surface area (Å²) in [6.45, 7) is 4.21. The third-order valence-electron chi connectivity index (χ3n) is 1.11. The zero-order valence-electron chi connectivity index (χ0n) is 4.78. The van der Waals surface area contributed by atoms with Crippen molar-refractivity contribution in [1.82, 2.24) is 0 Å². The molecule has 1 rings (SSSR count). The van der Waals surface area contributed by atoms with Crippen LogP contribution in [0.4, 0.5) is 0 Å². The van der Waals surface area contributed by atoms with E-state index in [2.05, 4.69) is 26.0 Å². The molecule has 0 aliphatic heterocycles. The van der Waals surface area contributed by atoms with Gasteiger partial charge in [0.15, 0.2) is 0 Å². The van der Waals surface area contributed by atoms with Gasteiger partial charge in [0.2, 0.25) is 0 Å². The maximum Gasteiger partial charge on any atom is -0.00611 e. The summed E-state index contributed by atoms with van der Waals surface area (Å²) in [6, 6.07) is 0. The molecule has 37 valence electrons. The van der Waals surface area contributed by atoms with Crippen molar-refractivity contribution in [3.05, 3.63) is 23.3 Å². The third kappa shape index (κ3) is 0.923. The van der Waals surface area contributed by atoms with E-state index in [1.807, 2.05) is 0 Å². The van der Waals surface area contributed by atoms with Crippen LogP contribution in [0.15, 0.2) is 17.2 Å². The molecular formula is C7H9. The van der Waals surface area contributed by atoms with Gasteiger partial charge in [-0.3, -0.25) is 0 Å². The fourth-order valence-electron chi connectivity index (χ4n) is 0.751. The Morgan fingerprint density at radius 1 is 1.57 bits per heavy atom. The zero-order chi connectivity index (χ0) is 5.28. The average molecular weight is 93.1 g/mol. The standard InChI is InChI=1S/C7H9/c1-6-3-4-7(2)5-6/h5H,3H2,1-2H3. The highest BCUT2D eigenvalue weighted by atomic mass is 14.0. The fourth-order valence-corrected chi connectivity index (χ4v) is 0.751. The Balaban J connectivity index is 2.69. The molecule has 7 heavy (non-hydrogen) atoms. The number of hydrogen-bond acceptors (Lipinski definition) is 0. The lowest BCUT2D eigenvalue weighted by Crippen LogP contribution is -1.59. The normalized spacial score (nSPS) is 19.1. The Kier molecular flexibility index (Phi) is 1.01. The van der Waals surface area contributed by atoms with Crippen molar-refractivity contribution in [1.29, 1.82) is 0 Å². The molecule has 0 spiro atoms. The first kappa shape index (κ1) is 4.63. The SMILES string of the molecule is CC1=[C]CC(C)=C1. The smallest absolute Gasteiger partial charge is 0.00611 e. The molecule has 0 aromatic heterocycles. The minimum atomic E-state index is 1.05. The molecule has 0 N–H and O–H groups in total. The van der Waals surface area contributed by atoms with Crippen LogP contribution >= 0.6 is 0 Å². The van der Waals surface area contributed by atoms with Gasteiger partial charge in [0.05, 0.1) is 0 Å². The Hall–Kier alpha value is -0.520. The molecular weight excluding hydrogens is 84.1 g/mol. The van der Waals surface area contributed by atoms with Crippen molar-refractivity contribution in [2.45, 2.75) is 20.3 Å². The van der Waals surface area contributed by atoms with Crippen molar-refractivity contribution in [3.8, 4) is 0 Å². The van der Waals surface area contributed by atoms with E-state index < -0.39 is 0 Å². The Labute approximate surface area is 44.5 Å². The highest BCUT2D eigenvalue weighted by molar-refractivity contribution is 5.25. The van der Waals surface area contributed by atoms with E-state index in [4.69, 9.17) is 0 Å². The molecule has 0 heteroatoms. The molecule has 0 bridgehead atoms. The maximum atomic E-state index is 3.19. The molecule has 1 radical (unpaired) electrons. The Bertz CT molecular complexity index is 127. The average Bonchev–Trinajstić information content (AvgIpc) is 1.87. The van der Waals surface area contributed by atoms with Crippen LogP contribution in [0.2, 0.25) is 0 Å². The van der Waals surface area contributed by atoms with Crippen molar-refractivity contribution in [3.63, 3.8) is 0 Å². The highest BCUT2D eigenvalue weighted by Crippen LogP contribution is 2.13. The topological polar surface area (TPSA) is 0 Å². The molecule has 0 amide bonds. The van der Waals surface area contributed by atoms with E-state index in [0.29, 0.717) is 0 Å². The van der Waals surface area contributed by atoms with Gasteiger partial charge < -0.3 is 0 Å². The van der Waals surface area contributed by atoms with Crippen molar-refractivity contribution in [2.24, 2.45) is 0 Å². The summed E-state index contributed by atoms with van der Waals surface area (Å²) in [6.07, 6.45) is 6.41. The minimum Gasteiger partial charge on any atom is -0.0686 e. The first-order valence-corrected chi connectivity index (χ1v) is 2.53. The number of hydrogen-bond donors (Lipinski definition) is 0. The molecule has 0 heterocycles. The second-order valence-electron chi connectivity index (χ2n) is 2.03. The molecule has 0 aromatic rings. The van der Waals surface area contributed by atoms with Gasteiger partial charge in [-0.05, 0) is 31.9 Å². The predicted molar refractivity (Wildman–Crippen MR) is 30.8 cm³/mol. The lowest BCUT2D eigenvalue weighted by atomic mass is 10.3. The summed E-state index contributed by atoms with van der Waals surface area (Å²) >= 11 is 0. The van der Waals surface area contributed by atoms with Crippen molar-refractivity contribution in [2.75, 3.05) is 0 Å². The predicted octanol–water partition coefficient (Wildman–Crippen LogP) is 2.09. The van der Waals surface area contributed by atoms with Crippen LogP contribution < -0.4 is 0 Å². The molecule has 0 unspecified atom stereocenters. The lowest BCUT2D eigenvalue weighted by molar-refractivity contribution is 1.22. The van der Waals surface area contributed by atoms with Gasteiger partial charge in [-0.25, -0.2) is 0 Å². The molecule has 0 aromatic carbocycles. The first-order valence-electron chi connectivity index (χ1n) is 2.53.